The van der Waals surface area contributed by atoms with Crippen LogP contribution in [0.5, 0.6) is 11.5 Å². The Morgan fingerprint density at radius 3 is 2.03 bits per heavy atom. The highest BCUT2D eigenvalue weighted by Crippen LogP contribution is 2.23. The fourth-order valence-corrected chi connectivity index (χ4v) is 2.79. The smallest absolute Gasteiger partial charge is 0.336 e. The van der Waals surface area contributed by atoms with Crippen LogP contribution in [0.3, 0.4) is 0 Å². The number of aryl methyl sites for hydroxylation is 1. The van der Waals surface area contributed by atoms with Crippen LogP contribution in [0.4, 0.5) is 0 Å². The van der Waals surface area contributed by atoms with E-state index in [-0.39, 0.29) is 0 Å². The van der Waals surface area contributed by atoms with Crippen molar-refractivity contribution in [3.63, 3.8) is 0 Å². The fourth-order valence-electron chi connectivity index (χ4n) is 2.79. The molecule has 0 spiro atoms. The number of hydrogen-bond donors (Lipinski definition) is 0. The van der Waals surface area contributed by atoms with Gasteiger partial charge >= 0.3 is 5.97 Å². The van der Waals surface area contributed by atoms with Gasteiger partial charge in [0.1, 0.15) is 11.5 Å². The van der Waals surface area contributed by atoms with Gasteiger partial charge in [0.05, 0.1) is 6.61 Å². The molecule has 29 heavy (non-hydrogen) atoms. The van der Waals surface area contributed by atoms with E-state index in [4.69, 9.17) is 9.47 Å². The zero-order valence-corrected chi connectivity index (χ0v) is 16.9. The van der Waals surface area contributed by atoms with Crippen molar-refractivity contribution in [1.82, 2.24) is 0 Å². The van der Waals surface area contributed by atoms with Crippen LogP contribution < -0.4 is 9.47 Å². The van der Waals surface area contributed by atoms with E-state index < -0.39 is 5.97 Å². The van der Waals surface area contributed by atoms with Crippen LogP contribution in [0.2, 0.25) is 0 Å². The third-order valence-electron chi connectivity index (χ3n) is 4.52. The summed E-state index contributed by atoms with van der Waals surface area (Å²) in [5.74, 6) is 0.957. The van der Waals surface area contributed by atoms with Gasteiger partial charge in [-0.05, 0) is 60.4 Å². The minimum atomic E-state index is -0.406. The number of benzene rings is 3. The van der Waals surface area contributed by atoms with Crippen LogP contribution in [-0.2, 0) is 4.79 Å². The number of hydrogen-bond acceptors (Lipinski definition) is 3. The van der Waals surface area contributed by atoms with Gasteiger partial charge in [0.25, 0.3) is 0 Å². The highest BCUT2D eigenvalue weighted by atomic mass is 16.5. The summed E-state index contributed by atoms with van der Waals surface area (Å²) < 4.78 is 11.0. The standard InChI is InChI=1S/C26H26O3/c1-3-4-19-28-24-14-7-21(8-15-24)9-18-26(27)29-25-16-12-23(13-17-25)22-10-5-20(2)6-11-22/h5-18H,3-4,19H2,1-2H3/b18-9+. The first kappa shape index (κ1) is 20.4. The van der Waals surface area contributed by atoms with Crippen molar-refractivity contribution in [3.8, 4) is 22.6 Å². The maximum absolute atomic E-state index is 12.1. The molecule has 3 nitrogen and oxygen atoms in total. The van der Waals surface area contributed by atoms with Crippen LogP contribution in [0, 0.1) is 6.92 Å². The molecule has 3 aromatic carbocycles. The molecule has 0 bridgehead atoms. The Bertz CT molecular complexity index is 937. The first-order chi connectivity index (χ1) is 14.1. The van der Waals surface area contributed by atoms with Gasteiger partial charge in [-0.15, -0.1) is 0 Å². The molecule has 3 aromatic rings. The van der Waals surface area contributed by atoms with E-state index in [0.29, 0.717) is 5.75 Å². The van der Waals surface area contributed by atoms with Gasteiger partial charge in [0.2, 0.25) is 0 Å². The predicted molar refractivity (Wildman–Crippen MR) is 118 cm³/mol. The zero-order valence-electron chi connectivity index (χ0n) is 16.9. The zero-order chi connectivity index (χ0) is 20.5. The Morgan fingerprint density at radius 1 is 0.828 bits per heavy atom. The van der Waals surface area contributed by atoms with Crippen molar-refractivity contribution >= 4 is 12.0 Å². The van der Waals surface area contributed by atoms with Gasteiger partial charge in [-0.25, -0.2) is 4.79 Å². The highest BCUT2D eigenvalue weighted by molar-refractivity contribution is 5.88. The molecule has 0 aliphatic carbocycles. The number of esters is 1. The summed E-state index contributed by atoms with van der Waals surface area (Å²) in [7, 11) is 0. The molecule has 0 heterocycles. The Balaban J connectivity index is 1.54. The van der Waals surface area contributed by atoms with Gasteiger partial charge < -0.3 is 9.47 Å². The third-order valence-corrected chi connectivity index (χ3v) is 4.52. The largest absolute Gasteiger partial charge is 0.494 e. The molecule has 0 saturated heterocycles. The SMILES string of the molecule is CCCCOc1ccc(/C=C/C(=O)Oc2ccc(-c3ccc(C)cc3)cc2)cc1. The van der Waals surface area contributed by atoms with Gasteiger partial charge in [-0.3, -0.25) is 0 Å². The van der Waals surface area contributed by atoms with Crippen LogP contribution in [0.15, 0.2) is 78.9 Å². The van der Waals surface area contributed by atoms with Crippen LogP contribution in [0.1, 0.15) is 30.9 Å². The molecule has 3 heteroatoms. The molecule has 0 N–H and O–H groups in total. The Morgan fingerprint density at radius 2 is 1.41 bits per heavy atom. The van der Waals surface area contributed by atoms with Crippen LogP contribution in [-0.4, -0.2) is 12.6 Å². The number of carbonyl (C=O) groups is 1. The summed E-state index contributed by atoms with van der Waals surface area (Å²) in [6.45, 7) is 4.92. The van der Waals surface area contributed by atoms with Crippen molar-refractivity contribution in [2.45, 2.75) is 26.7 Å². The Hall–Kier alpha value is -3.33. The molecule has 0 atom stereocenters. The van der Waals surface area contributed by atoms with Crippen molar-refractivity contribution in [3.05, 3.63) is 90.0 Å². The molecule has 0 fully saturated rings. The fraction of sp³-hybridized carbons (Fsp3) is 0.192. The average Bonchev–Trinajstić information content (AvgIpc) is 2.75. The van der Waals surface area contributed by atoms with E-state index in [1.165, 1.54) is 11.6 Å². The number of unbranched alkanes of at least 4 members (excludes halogenated alkanes) is 1. The second kappa shape index (κ2) is 10.3. The Labute approximate surface area is 172 Å². The molecular weight excluding hydrogens is 360 g/mol. The summed E-state index contributed by atoms with van der Waals surface area (Å²) in [6, 6.07) is 23.5. The number of carbonyl (C=O) groups excluding carboxylic acids is 1. The predicted octanol–water partition coefficient (Wildman–Crippen LogP) is 6.46. The van der Waals surface area contributed by atoms with Gasteiger partial charge in [0.15, 0.2) is 0 Å². The molecule has 0 saturated carbocycles. The molecule has 3 rings (SSSR count). The number of rotatable bonds is 8. The highest BCUT2D eigenvalue weighted by Gasteiger charge is 2.03. The molecular formula is C26H26O3. The summed E-state index contributed by atoms with van der Waals surface area (Å²) in [6.07, 6.45) is 5.32. The van der Waals surface area contributed by atoms with E-state index >= 15 is 0 Å². The van der Waals surface area contributed by atoms with Crippen molar-refractivity contribution in [1.29, 1.82) is 0 Å². The summed E-state index contributed by atoms with van der Waals surface area (Å²) in [4.78, 5) is 12.1. The van der Waals surface area contributed by atoms with Crippen LogP contribution >= 0.6 is 0 Å². The Kier molecular flexibility index (Phi) is 7.23. The summed E-state index contributed by atoms with van der Waals surface area (Å²) in [5, 5.41) is 0. The molecule has 0 unspecified atom stereocenters. The second-order valence-electron chi connectivity index (χ2n) is 6.92. The first-order valence-corrected chi connectivity index (χ1v) is 9.94. The van der Waals surface area contributed by atoms with Crippen LogP contribution in [0.25, 0.3) is 17.2 Å². The normalized spacial score (nSPS) is 10.8. The molecule has 0 amide bonds. The molecule has 0 radical (unpaired) electrons. The number of ether oxygens (including phenoxy) is 2. The van der Waals surface area contributed by atoms with E-state index in [9.17, 15) is 4.79 Å². The first-order valence-electron chi connectivity index (χ1n) is 9.94. The maximum atomic E-state index is 12.1. The molecule has 0 aliphatic heterocycles. The van der Waals surface area contributed by atoms with Gasteiger partial charge in [-0.1, -0.05) is 67.4 Å². The quantitative estimate of drug-likeness (QED) is 0.193. The second-order valence-corrected chi connectivity index (χ2v) is 6.92. The lowest BCUT2D eigenvalue weighted by atomic mass is 10.0. The minimum absolute atomic E-state index is 0.406. The van der Waals surface area contributed by atoms with E-state index in [1.807, 2.05) is 48.5 Å². The maximum Gasteiger partial charge on any atom is 0.336 e. The molecule has 148 valence electrons. The van der Waals surface area contributed by atoms with E-state index in [2.05, 4.69) is 38.1 Å². The lowest BCUT2D eigenvalue weighted by Gasteiger charge is -2.05. The monoisotopic (exact) mass is 386 g/mol. The molecule has 0 aliphatic rings. The lowest BCUT2D eigenvalue weighted by Crippen LogP contribution is -2.03. The summed E-state index contributed by atoms with van der Waals surface area (Å²) in [5.41, 5.74) is 4.36. The average molecular weight is 386 g/mol. The lowest BCUT2D eigenvalue weighted by molar-refractivity contribution is -0.128. The van der Waals surface area contributed by atoms with Crippen molar-refractivity contribution in [2.75, 3.05) is 6.61 Å². The van der Waals surface area contributed by atoms with Gasteiger partial charge in [-0.2, -0.15) is 0 Å². The third kappa shape index (κ3) is 6.35. The topological polar surface area (TPSA) is 35.5 Å². The van der Waals surface area contributed by atoms with E-state index in [1.54, 1.807) is 6.08 Å². The van der Waals surface area contributed by atoms with E-state index in [0.717, 1.165) is 41.9 Å². The molecule has 0 aromatic heterocycles. The summed E-state index contributed by atoms with van der Waals surface area (Å²) >= 11 is 0. The van der Waals surface area contributed by atoms with Gasteiger partial charge in [0, 0.05) is 6.08 Å². The van der Waals surface area contributed by atoms with Crippen molar-refractivity contribution in [2.24, 2.45) is 0 Å². The van der Waals surface area contributed by atoms with Crippen molar-refractivity contribution < 1.29 is 14.3 Å². The minimum Gasteiger partial charge on any atom is -0.494 e.